The van der Waals surface area contributed by atoms with Crippen LogP contribution in [0.5, 0.6) is 0 Å². The second-order valence-corrected chi connectivity index (χ2v) is 11.4. The average Bonchev–Trinajstić information content (AvgIpc) is 3.61. The van der Waals surface area contributed by atoms with E-state index in [4.69, 9.17) is 0 Å². The summed E-state index contributed by atoms with van der Waals surface area (Å²) in [4.78, 5) is 40.7. The van der Waals surface area contributed by atoms with Crippen LogP contribution in [0.4, 0.5) is 0 Å². The van der Waals surface area contributed by atoms with Crippen molar-refractivity contribution < 1.29 is 27.9 Å². The van der Waals surface area contributed by atoms with Crippen LogP contribution in [0.2, 0.25) is 0 Å². The number of aliphatic hydroxyl groups is 1. The van der Waals surface area contributed by atoms with Crippen LogP contribution >= 0.6 is 0 Å². The van der Waals surface area contributed by atoms with Crippen LogP contribution in [-0.2, 0) is 24.4 Å². The van der Waals surface area contributed by atoms with Crippen LogP contribution < -0.4 is 10.0 Å². The number of nitrogens with zero attached hydrogens (tertiary/aromatic N) is 1. The number of carbonyl (C=O) groups is 3. The summed E-state index contributed by atoms with van der Waals surface area (Å²) in [6, 6.07) is 0. The Morgan fingerprint density at radius 1 is 1.23 bits per heavy atom. The molecule has 5 unspecified atom stereocenters. The van der Waals surface area contributed by atoms with Crippen molar-refractivity contribution >= 4 is 27.7 Å². The maximum Gasteiger partial charge on any atom is 0.259 e. The number of allylic oxidation sites excluding steroid dienone is 1. The molecule has 4 aliphatic rings. The van der Waals surface area contributed by atoms with Gasteiger partial charge in [0.15, 0.2) is 0 Å². The third kappa shape index (κ3) is 4.50. The molecule has 3 amide bonds. The summed E-state index contributed by atoms with van der Waals surface area (Å²) >= 11 is 0. The van der Waals surface area contributed by atoms with Crippen molar-refractivity contribution in [2.75, 3.05) is 13.6 Å². The Kier molecular flexibility index (Phi) is 5.89. The molecule has 9 nitrogen and oxygen atoms in total. The van der Waals surface area contributed by atoms with Gasteiger partial charge < -0.3 is 15.3 Å². The largest absolute Gasteiger partial charge is 0.393 e. The molecule has 0 aromatic carbocycles. The Morgan fingerprint density at radius 2 is 1.94 bits per heavy atom. The van der Waals surface area contributed by atoms with Gasteiger partial charge in [0.1, 0.15) is 5.54 Å². The molecule has 31 heavy (non-hydrogen) atoms. The number of carbonyl (C=O) groups excluding carboxylic acids is 3. The molecule has 3 fully saturated rings. The highest BCUT2D eigenvalue weighted by Gasteiger charge is 2.62. The molecule has 3 saturated carbocycles. The van der Waals surface area contributed by atoms with Crippen LogP contribution in [0.15, 0.2) is 12.2 Å². The maximum absolute atomic E-state index is 13.2. The molecule has 10 heteroatoms. The van der Waals surface area contributed by atoms with Gasteiger partial charge in [-0.2, -0.15) is 0 Å². The van der Waals surface area contributed by atoms with Crippen molar-refractivity contribution in [3.05, 3.63) is 12.2 Å². The van der Waals surface area contributed by atoms with E-state index in [-0.39, 0.29) is 24.7 Å². The molecule has 0 aromatic rings. The van der Waals surface area contributed by atoms with Crippen molar-refractivity contribution in [1.82, 2.24) is 14.9 Å². The van der Waals surface area contributed by atoms with E-state index in [0.29, 0.717) is 25.8 Å². The number of nitrogens with one attached hydrogen (secondary N) is 2. The molecule has 0 saturated heterocycles. The van der Waals surface area contributed by atoms with Crippen molar-refractivity contribution in [2.45, 2.75) is 68.3 Å². The van der Waals surface area contributed by atoms with Crippen LogP contribution in [0.3, 0.4) is 0 Å². The van der Waals surface area contributed by atoms with Gasteiger partial charge >= 0.3 is 0 Å². The van der Waals surface area contributed by atoms with Crippen LogP contribution in [-0.4, -0.2) is 66.6 Å². The first kappa shape index (κ1) is 22.3. The number of amides is 3. The highest BCUT2D eigenvalue weighted by molar-refractivity contribution is 7.91. The van der Waals surface area contributed by atoms with Gasteiger partial charge in [-0.1, -0.05) is 12.2 Å². The highest BCUT2D eigenvalue weighted by atomic mass is 32.2. The van der Waals surface area contributed by atoms with Gasteiger partial charge in [0.05, 0.1) is 23.2 Å². The Morgan fingerprint density at radius 3 is 2.65 bits per heavy atom. The lowest BCUT2D eigenvalue weighted by Crippen LogP contribution is -2.54. The zero-order valence-corrected chi connectivity index (χ0v) is 18.6. The van der Waals surface area contributed by atoms with Gasteiger partial charge in [-0.25, -0.2) is 8.42 Å². The molecular formula is C21H31N3O6S. The van der Waals surface area contributed by atoms with Gasteiger partial charge in [-0.15, -0.1) is 0 Å². The molecule has 1 heterocycles. The maximum atomic E-state index is 13.2. The van der Waals surface area contributed by atoms with Crippen molar-refractivity contribution in [1.29, 1.82) is 0 Å². The molecule has 0 spiro atoms. The van der Waals surface area contributed by atoms with E-state index in [1.807, 2.05) is 12.2 Å². The fourth-order valence-electron chi connectivity index (χ4n) is 4.81. The fraction of sp³-hybridized carbons (Fsp3) is 0.762. The Labute approximate surface area is 182 Å². The van der Waals surface area contributed by atoms with Crippen molar-refractivity contribution in [3.8, 4) is 0 Å². The monoisotopic (exact) mass is 453 g/mol. The van der Waals surface area contributed by atoms with E-state index in [1.54, 1.807) is 11.9 Å². The summed E-state index contributed by atoms with van der Waals surface area (Å²) in [6.45, 7) is 0.586. The van der Waals surface area contributed by atoms with E-state index in [2.05, 4.69) is 10.0 Å². The van der Waals surface area contributed by atoms with Gasteiger partial charge in [0.2, 0.25) is 21.8 Å². The zero-order chi connectivity index (χ0) is 22.4. The number of hydrogen-bond donors (Lipinski definition) is 3. The summed E-state index contributed by atoms with van der Waals surface area (Å²) in [7, 11) is -2.04. The van der Waals surface area contributed by atoms with Gasteiger partial charge in [-0.05, 0) is 51.4 Å². The van der Waals surface area contributed by atoms with Gasteiger partial charge in [-0.3, -0.25) is 19.1 Å². The molecule has 3 N–H and O–H groups in total. The first-order valence-electron chi connectivity index (χ1n) is 11.1. The highest BCUT2D eigenvalue weighted by Crippen LogP contribution is 2.46. The first-order chi connectivity index (χ1) is 14.6. The van der Waals surface area contributed by atoms with Gasteiger partial charge in [0, 0.05) is 19.5 Å². The minimum absolute atomic E-state index is 0.147. The lowest BCUT2D eigenvalue weighted by atomic mass is 9.93. The third-order valence-electron chi connectivity index (χ3n) is 7.01. The molecule has 5 atom stereocenters. The van der Waals surface area contributed by atoms with E-state index >= 15 is 0 Å². The number of sulfonamides is 1. The third-order valence-corrected chi connectivity index (χ3v) is 8.83. The Hall–Kier alpha value is -1.94. The number of hydrogen-bond acceptors (Lipinski definition) is 6. The van der Waals surface area contributed by atoms with Crippen LogP contribution in [0.1, 0.15) is 51.4 Å². The van der Waals surface area contributed by atoms with Crippen molar-refractivity contribution in [3.63, 3.8) is 0 Å². The smallest absolute Gasteiger partial charge is 0.259 e. The molecule has 4 rings (SSSR count). The Bertz CT molecular complexity index is 899. The van der Waals surface area contributed by atoms with Gasteiger partial charge in [0.25, 0.3) is 5.91 Å². The molecule has 3 aliphatic carbocycles. The van der Waals surface area contributed by atoms with E-state index in [9.17, 15) is 27.9 Å². The fourth-order valence-corrected chi connectivity index (χ4v) is 6.18. The zero-order valence-electron chi connectivity index (χ0n) is 17.7. The molecular weight excluding hydrogens is 422 g/mol. The van der Waals surface area contributed by atoms with E-state index in [0.717, 1.165) is 19.3 Å². The molecule has 0 radical (unpaired) electrons. The summed E-state index contributed by atoms with van der Waals surface area (Å²) in [5.41, 5.74) is -1.33. The lowest BCUT2D eigenvalue weighted by Gasteiger charge is -2.26. The molecule has 172 valence electrons. The summed E-state index contributed by atoms with van der Waals surface area (Å²) in [5.74, 6) is -3.06. The number of rotatable bonds is 3. The lowest BCUT2D eigenvalue weighted by molar-refractivity contribution is -0.140. The summed E-state index contributed by atoms with van der Waals surface area (Å²) in [5, 5.41) is 12.4. The second-order valence-electron chi connectivity index (χ2n) is 9.47. The topological polar surface area (TPSA) is 133 Å². The van der Waals surface area contributed by atoms with Crippen LogP contribution in [0, 0.1) is 17.8 Å². The number of fused-ring (bicyclic) bond motifs is 2. The molecule has 1 aliphatic heterocycles. The summed E-state index contributed by atoms with van der Waals surface area (Å²) < 4.78 is 26.8. The number of aliphatic hydroxyl groups excluding tert-OH is 1. The minimum atomic E-state index is -3.74. The predicted octanol–water partition coefficient (Wildman–Crippen LogP) is 0.0553. The van der Waals surface area contributed by atoms with E-state index < -0.39 is 50.6 Å². The molecule has 0 bridgehead atoms. The normalized spacial score (nSPS) is 37.8. The van der Waals surface area contributed by atoms with E-state index in [1.165, 1.54) is 0 Å². The first-order valence-corrected chi connectivity index (χ1v) is 12.7. The van der Waals surface area contributed by atoms with Crippen molar-refractivity contribution in [2.24, 2.45) is 17.8 Å². The van der Waals surface area contributed by atoms with Crippen LogP contribution in [0.25, 0.3) is 0 Å². The summed E-state index contributed by atoms with van der Waals surface area (Å²) in [6.07, 6.45) is 7.27. The average molecular weight is 454 g/mol. The predicted molar refractivity (Wildman–Crippen MR) is 112 cm³/mol. The molecule has 0 aromatic heterocycles. The Balaban J connectivity index is 1.58. The minimum Gasteiger partial charge on any atom is -0.393 e. The standard InChI is InChI=1S/C21H31N3O6S/c1-24-9-5-3-2-4-6-13-12-21(13,20(28)23-31(29,30)15-7-8-15)22-18(26)16-10-14(25)11-17(16)19(24)27/h4,6,13-17,25H,2-3,5,7-12H2,1H3,(H,22,26)(H,23,28)/b6-4-. The quantitative estimate of drug-likeness (QED) is 0.518. The SMILES string of the molecule is CN1CCCC/C=C\C2CC2(C(=O)NS(=O)(=O)C2CC2)NC(=O)C2CC(O)CC2C1=O. The second kappa shape index (κ2) is 8.20.